The van der Waals surface area contributed by atoms with E-state index in [9.17, 15) is 18.3 Å². The first-order chi connectivity index (χ1) is 17.2. The summed E-state index contributed by atoms with van der Waals surface area (Å²) in [5, 5.41) is 12.9. The number of aliphatic hydroxyl groups is 1. The molecule has 0 bridgehead atoms. The van der Waals surface area contributed by atoms with Gasteiger partial charge in [0.05, 0.1) is 13.2 Å². The predicted octanol–water partition coefficient (Wildman–Crippen LogP) is 2.50. The molecule has 0 spiro atoms. The normalized spacial score (nSPS) is 23.1. The molecule has 1 aliphatic carbocycles. The van der Waals surface area contributed by atoms with E-state index in [1.54, 1.807) is 43.4 Å². The minimum absolute atomic E-state index is 0.0263. The molecule has 10 nitrogen and oxygen atoms in total. The highest BCUT2D eigenvalue weighted by atomic mass is 32.2. The van der Waals surface area contributed by atoms with Gasteiger partial charge in [0.15, 0.2) is 0 Å². The number of nitrogens with zero attached hydrogens (tertiary/aromatic N) is 4. The lowest BCUT2D eigenvalue weighted by Crippen LogP contribution is -2.51. The highest BCUT2D eigenvalue weighted by Gasteiger charge is 2.38. The van der Waals surface area contributed by atoms with E-state index < -0.39 is 22.2 Å². The van der Waals surface area contributed by atoms with Crippen LogP contribution in [0.2, 0.25) is 0 Å². The van der Waals surface area contributed by atoms with Gasteiger partial charge < -0.3 is 20.1 Å². The van der Waals surface area contributed by atoms with E-state index in [1.165, 1.54) is 16.7 Å². The number of nitrogens with one attached hydrogen (secondary N) is 1. The molecule has 4 rings (SSSR count). The summed E-state index contributed by atoms with van der Waals surface area (Å²) in [5.41, 5.74) is 1.44. The standard InChI is InChI=1S/C25H35N5O5S/c1-17-13-30(18(2)15-31)36(33,34)24-9-8-19(20-11-26-16-27-12-20)10-22(24)35-23(17)14-29(3)25(32)28-21-6-4-5-7-21/h8-12,16-18,21,23,31H,4-7,13-15H2,1-3H3,(H,28,32)/t17-,18-,23-/m1/s1. The number of likely N-dealkylation sites (N-methyl/N-ethyl adjacent to an activating group) is 1. The van der Waals surface area contributed by atoms with Crippen molar-refractivity contribution in [3.63, 3.8) is 0 Å². The molecule has 2 aromatic rings. The molecule has 2 aliphatic rings. The van der Waals surface area contributed by atoms with Crippen LogP contribution in [0.25, 0.3) is 11.1 Å². The average molecular weight is 518 g/mol. The fraction of sp³-hybridized carbons (Fsp3) is 0.560. The molecule has 1 aliphatic heterocycles. The van der Waals surface area contributed by atoms with Crippen LogP contribution in [0.4, 0.5) is 4.79 Å². The quantitative estimate of drug-likeness (QED) is 0.603. The molecular formula is C25H35N5O5S. The zero-order chi connectivity index (χ0) is 25.9. The molecule has 0 saturated heterocycles. The van der Waals surface area contributed by atoms with Gasteiger partial charge in [0.1, 0.15) is 23.1 Å². The molecule has 11 heteroatoms. The molecule has 3 atom stereocenters. The Balaban J connectivity index is 1.68. The first-order valence-electron chi connectivity index (χ1n) is 12.4. The maximum atomic E-state index is 13.6. The molecule has 2 amide bonds. The first kappa shape index (κ1) is 26.3. The van der Waals surface area contributed by atoms with Crippen LogP contribution < -0.4 is 10.1 Å². The van der Waals surface area contributed by atoms with Gasteiger partial charge in [-0.3, -0.25) is 0 Å². The van der Waals surface area contributed by atoms with E-state index in [0.29, 0.717) is 5.56 Å². The van der Waals surface area contributed by atoms with E-state index in [4.69, 9.17) is 4.74 Å². The number of hydrogen-bond donors (Lipinski definition) is 2. The van der Waals surface area contributed by atoms with Gasteiger partial charge in [0.2, 0.25) is 10.0 Å². The third kappa shape index (κ3) is 5.63. The minimum atomic E-state index is -3.95. The van der Waals surface area contributed by atoms with E-state index in [0.717, 1.165) is 31.2 Å². The molecule has 1 saturated carbocycles. The number of ether oxygens (including phenoxy) is 1. The zero-order valence-corrected chi connectivity index (χ0v) is 21.8. The van der Waals surface area contributed by atoms with Crippen LogP contribution in [0, 0.1) is 5.92 Å². The first-order valence-corrected chi connectivity index (χ1v) is 13.8. The van der Waals surface area contributed by atoms with E-state index in [1.807, 2.05) is 6.92 Å². The van der Waals surface area contributed by atoms with Crippen LogP contribution in [-0.2, 0) is 10.0 Å². The number of fused-ring (bicyclic) bond motifs is 1. The Morgan fingerprint density at radius 3 is 2.61 bits per heavy atom. The Bertz CT molecular complexity index is 1160. The summed E-state index contributed by atoms with van der Waals surface area (Å²) < 4.78 is 35.0. The summed E-state index contributed by atoms with van der Waals surface area (Å²) >= 11 is 0. The Morgan fingerprint density at radius 2 is 1.94 bits per heavy atom. The molecule has 0 unspecified atom stereocenters. The second kappa shape index (κ2) is 11.1. The maximum Gasteiger partial charge on any atom is 0.317 e. The van der Waals surface area contributed by atoms with Crippen molar-refractivity contribution in [1.82, 2.24) is 24.5 Å². The van der Waals surface area contributed by atoms with Crippen LogP contribution >= 0.6 is 0 Å². The number of aliphatic hydroxyl groups excluding tert-OH is 1. The van der Waals surface area contributed by atoms with Gasteiger partial charge in [0, 0.05) is 49.6 Å². The van der Waals surface area contributed by atoms with Gasteiger partial charge in [0.25, 0.3) is 0 Å². The second-order valence-corrected chi connectivity index (χ2v) is 11.7. The van der Waals surface area contributed by atoms with Gasteiger partial charge in [-0.05, 0) is 37.5 Å². The lowest BCUT2D eigenvalue weighted by molar-refractivity contribution is 0.0809. The molecule has 36 heavy (non-hydrogen) atoms. The maximum absolute atomic E-state index is 13.6. The van der Waals surface area contributed by atoms with Crippen LogP contribution in [0.3, 0.4) is 0 Å². The van der Waals surface area contributed by atoms with Crippen molar-refractivity contribution in [2.75, 3.05) is 26.7 Å². The number of rotatable bonds is 6. The van der Waals surface area contributed by atoms with Gasteiger partial charge in [-0.2, -0.15) is 4.31 Å². The van der Waals surface area contributed by atoms with E-state index >= 15 is 0 Å². The van der Waals surface area contributed by atoms with Crippen LogP contribution in [0.1, 0.15) is 39.5 Å². The third-order valence-corrected chi connectivity index (χ3v) is 9.06. The summed E-state index contributed by atoms with van der Waals surface area (Å²) in [6, 6.07) is 4.31. The van der Waals surface area contributed by atoms with Crippen molar-refractivity contribution in [3.05, 3.63) is 36.9 Å². The second-order valence-electron chi connectivity index (χ2n) is 9.84. The highest BCUT2D eigenvalue weighted by molar-refractivity contribution is 7.89. The lowest BCUT2D eigenvalue weighted by atomic mass is 10.0. The number of carbonyl (C=O) groups excluding carboxylic acids is 1. The van der Waals surface area contributed by atoms with Gasteiger partial charge in [-0.15, -0.1) is 0 Å². The summed E-state index contributed by atoms with van der Waals surface area (Å²) in [5.74, 6) is -0.0555. The van der Waals surface area contributed by atoms with E-state index in [-0.39, 0.29) is 48.3 Å². The topological polar surface area (TPSA) is 125 Å². The van der Waals surface area contributed by atoms with Crippen molar-refractivity contribution < 1.29 is 23.1 Å². The lowest BCUT2D eigenvalue weighted by Gasteiger charge is -2.37. The van der Waals surface area contributed by atoms with Crippen molar-refractivity contribution in [1.29, 1.82) is 0 Å². The molecule has 1 aromatic heterocycles. The zero-order valence-electron chi connectivity index (χ0n) is 21.0. The number of aromatic nitrogens is 2. The number of amides is 2. The Kier molecular flexibility index (Phi) is 8.11. The number of benzene rings is 1. The van der Waals surface area contributed by atoms with Crippen molar-refractivity contribution >= 4 is 16.1 Å². The average Bonchev–Trinajstić information content (AvgIpc) is 3.39. The Hall–Kier alpha value is -2.76. The van der Waals surface area contributed by atoms with Gasteiger partial charge in [-0.1, -0.05) is 25.8 Å². The molecule has 2 heterocycles. The fourth-order valence-corrected chi connectivity index (χ4v) is 6.60. The number of urea groups is 1. The number of carbonyl (C=O) groups is 1. The van der Waals surface area contributed by atoms with Crippen molar-refractivity contribution in [2.45, 2.75) is 62.6 Å². The summed E-state index contributed by atoms with van der Waals surface area (Å²) in [7, 11) is -2.22. The van der Waals surface area contributed by atoms with Crippen LogP contribution in [0.15, 0.2) is 41.8 Å². The molecule has 1 aromatic carbocycles. The van der Waals surface area contributed by atoms with Crippen molar-refractivity contribution in [2.24, 2.45) is 5.92 Å². The highest BCUT2D eigenvalue weighted by Crippen LogP contribution is 2.36. The molecule has 196 valence electrons. The van der Waals surface area contributed by atoms with Gasteiger partial charge in [-0.25, -0.2) is 23.2 Å². The summed E-state index contributed by atoms with van der Waals surface area (Å²) in [4.78, 5) is 22.6. The minimum Gasteiger partial charge on any atom is -0.487 e. The number of hydrogen-bond acceptors (Lipinski definition) is 7. The Morgan fingerprint density at radius 1 is 1.25 bits per heavy atom. The van der Waals surface area contributed by atoms with E-state index in [2.05, 4.69) is 15.3 Å². The monoisotopic (exact) mass is 517 g/mol. The Labute approximate surface area is 212 Å². The smallest absolute Gasteiger partial charge is 0.317 e. The van der Waals surface area contributed by atoms with Gasteiger partial charge >= 0.3 is 6.03 Å². The summed E-state index contributed by atoms with van der Waals surface area (Å²) in [6.07, 6.45) is 8.46. The van der Waals surface area contributed by atoms with Crippen LogP contribution in [0.5, 0.6) is 5.75 Å². The molecule has 2 N–H and O–H groups in total. The fourth-order valence-electron chi connectivity index (χ4n) is 4.78. The predicted molar refractivity (Wildman–Crippen MR) is 135 cm³/mol. The number of sulfonamides is 1. The molecular weight excluding hydrogens is 482 g/mol. The van der Waals surface area contributed by atoms with Crippen LogP contribution in [-0.4, -0.2) is 83.7 Å². The third-order valence-electron chi connectivity index (χ3n) is 7.04. The van der Waals surface area contributed by atoms with Crippen molar-refractivity contribution in [3.8, 4) is 16.9 Å². The summed E-state index contributed by atoms with van der Waals surface area (Å²) in [6.45, 7) is 3.70. The largest absolute Gasteiger partial charge is 0.487 e. The molecule has 0 radical (unpaired) electrons. The SMILES string of the molecule is C[C@@H]1CN([C@H](C)CO)S(=O)(=O)c2ccc(-c3cncnc3)cc2O[C@@H]1CN(C)C(=O)NC1CCCC1. The molecule has 1 fully saturated rings.